The number of anilines is 1. The molecule has 11 heteroatoms. The van der Waals surface area contributed by atoms with Crippen molar-refractivity contribution in [3.05, 3.63) is 52.8 Å². The van der Waals surface area contributed by atoms with Gasteiger partial charge in [0.15, 0.2) is 0 Å². The molecule has 0 saturated carbocycles. The van der Waals surface area contributed by atoms with E-state index in [9.17, 15) is 14.9 Å². The first-order valence-electron chi connectivity index (χ1n) is 6.82. The third kappa shape index (κ3) is 3.39. The number of nitro benzene ring substituents is 1. The van der Waals surface area contributed by atoms with Gasteiger partial charge in [0.1, 0.15) is 11.4 Å². The van der Waals surface area contributed by atoms with Gasteiger partial charge in [-0.1, -0.05) is 5.16 Å². The number of nitro groups is 1. The SMILES string of the molecule is COc1cc([N+](=O)[O-])ccc1NC(=O)c1nc(-c2cnccn2)no1. The highest BCUT2D eigenvalue weighted by Gasteiger charge is 2.19. The first-order valence-corrected chi connectivity index (χ1v) is 6.82. The topological polar surface area (TPSA) is 146 Å². The second-order valence-corrected chi connectivity index (χ2v) is 4.61. The number of nitrogens with one attached hydrogen (secondary N) is 1. The minimum Gasteiger partial charge on any atom is -0.494 e. The summed E-state index contributed by atoms with van der Waals surface area (Å²) >= 11 is 0. The molecule has 3 rings (SSSR count). The molecular formula is C14H10N6O5. The average Bonchev–Trinajstić information content (AvgIpc) is 3.13. The van der Waals surface area contributed by atoms with Crippen molar-refractivity contribution >= 4 is 17.3 Å². The van der Waals surface area contributed by atoms with Crippen molar-refractivity contribution in [2.24, 2.45) is 0 Å². The summed E-state index contributed by atoms with van der Waals surface area (Å²) in [6.45, 7) is 0. The van der Waals surface area contributed by atoms with E-state index in [4.69, 9.17) is 9.26 Å². The molecule has 11 nitrogen and oxygen atoms in total. The van der Waals surface area contributed by atoms with Crippen LogP contribution in [0.4, 0.5) is 11.4 Å². The number of hydrogen-bond donors (Lipinski definition) is 1. The summed E-state index contributed by atoms with van der Waals surface area (Å²) in [6.07, 6.45) is 4.36. The highest BCUT2D eigenvalue weighted by Crippen LogP contribution is 2.29. The van der Waals surface area contributed by atoms with Gasteiger partial charge in [0.25, 0.3) is 5.69 Å². The van der Waals surface area contributed by atoms with E-state index in [1.165, 1.54) is 43.9 Å². The molecule has 0 unspecified atom stereocenters. The summed E-state index contributed by atoms with van der Waals surface area (Å²) in [5.41, 5.74) is 0.396. The molecule has 0 aliphatic rings. The Morgan fingerprint density at radius 3 is 2.88 bits per heavy atom. The number of methoxy groups -OCH3 is 1. The zero-order chi connectivity index (χ0) is 17.8. The first-order chi connectivity index (χ1) is 12.1. The Hall–Kier alpha value is -3.89. The van der Waals surface area contributed by atoms with Crippen LogP contribution in [-0.2, 0) is 0 Å². The zero-order valence-corrected chi connectivity index (χ0v) is 12.7. The molecule has 3 aromatic rings. The molecule has 126 valence electrons. The van der Waals surface area contributed by atoms with Crippen LogP contribution in [0.3, 0.4) is 0 Å². The standard InChI is InChI=1S/C14H10N6O5/c1-24-11-6-8(20(22)23)2-3-9(11)17-13(21)14-18-12(19-25-14)10-7-15-4-5-16-10/h2-7H,1H3,(H,17,21). The Kier molecular flexibility index (Phi) is 4.28. The third-order valence-electron chi connectivity index (χ3n) is 3.06. The van der Waals surface area contributed by atoms with Gasteiger partial charge in [0.05, 0.1) is 30.0 Å². The maximum atomic E-state index is 12.2. The molecule has 0 radical (unpaired) electrons. The molecule has 0 fully saturated rings. The molecule has 0 aliphatic heterocycles. The van der Waals surface area contributed by atoms with E-state index >= 15 is 0 Å². The largest absolute Gasteiger partial charge is 0.494 e. The second kappa shape index (κ2) is 6.70. The van der Waals surface area contributed by atoms with E-state index in [0.29, 0.717) is 5.69 Å². The number of carbonyl (C=O) groups is 1. The molecule has 0 bridgehead atoms. The number of ether oxygens (including phenoxy) is 1. The summed E-state index contributed by atoms with van der Waals surface area (Å²) in [5, 5.41) is 16.9. The molecule has 1 N–H and O–H groups in total. The number of benzene rings is 1. The highest BCUT2D eigenvalue weighted by molar-refractivity contribution is 6.02. The molecule has 1 aromatic carbocycles. The number of non-ortho nitro benzene ring substituents is 1. The molecule has 2 heterocycles. The lowest BCUT2D eigenvalue weighted by atomic mass is 10.2. The van der Waals surface area contributed by atoms with Crippen molar-refractivity contribution in [3.63, 3.8) is 0 Å². The van der Waals surface area contributed by atoms with Crippen LogP contribution in [-0.4, -0.2) is 38.0 Å². The molecule has 0 saturated heterocycles. The number of rotatable bonds is 5. The summed E-state index contributed by atoms with van der Waals surface area (Å²) in [6, 6.07) is 3.76. The van der Waals surface area contributed by atoms with E-state index in [-0.39, 0.29) is 28.8 Å². The Labute approximate surface area is 139 Å². The zero-order valence-electron chi connectivity index (χ0n) is 12.7. The minimum absolute atomic E-state index is 0.105. The monoisotopic (exact) mass is 342 g/mol. The number of aromatic nitrogens is 4. The number of hydrogen-bond acceptors (Lipinski definition) is 9. The highest BCUT2D eigenvalue weighted by atomic mass is 16.6. The normalized spacial score (nSPS) is 10.3. The Morgan fingerprint density at radius 1 is 1.36 bits per heavy atom. The van der Waals surface area contributed by atoms with E-state index in [0.717, 1.165) is 0 Å². The van der Waals surface area contributed by atoms with Crippen LogP contribution in [0.15, 0.2) is 41.3 Å². The molecule has 2 aromatic heterocycles. The smallest absolute Gasteiger partial charge is 0.316 e. The van der Waals surface area contributed by atoms with Crippen molar-refractivity contribution in [3.8, 4) is 17.3 Å². The lowest BCUT2D eigenvalue weighted by Gasteiger charge is -2.08. The van der Waals surface area contributed by atoms with Crippen LogP contribution < -0.4 is 10.1 Å². The fourth-order valence-electron chi connectivity index (χ4n) is 1.91. The van der Waals surface area contributed by atoms with Crippen LogP contribution in [0.1, 0.15) is 10.7 Å². The maximum absolute atomic E-state index is 12.2. The van der Waals surface area contributed by atoms with Gasteiger partial charge in [-0.3, -0.25) is 19.9 Å². The lowest BCUT2D eigenvalue weighted by molar-refractivity contribution is -0.384. The fourth-order valence-corrected chi connectivity index (χ4v) is 1.91. The summed E-state index contributed by atoms with van der Waals surface area (Å²) < 4.78 is 9.94. The number of carbonyl (C=O) groups excluding carboxylic acids is 1. The van der Waals surface area contributed by atoms with Gasteiger partial charge in [-0.05, 0) is 6.07 Å². The second-order valence-electron chi connectivity index (χ2n) is 4.61. The van der Waals surface area contributed by atoms with Crippen LogP contribution in [0.25, 0.3) is 11.5 Å². The van der Waals surface area contributed by atoms with Crippen LogP contribution in [0.5, 0.6) is 5.75 Å². The van der Waals surface area contributed by atoms with Crippen molar-refractivity contribution in [1.82, 2.24) is 20.1 Å². The van der Waals surface area contributed by atoms with E-state index < -0.39 is 10.8 Å². The van der Waals surface area contributed by atoms with Crippen LogP contribution in [0.2, 0.25) is 0 Å². The molecular weight excluding hydrogens is 332 g/mol. The molecule has 25 heavy (non-hydrogen) atoms. The number of amides is 1. The van der Waals surface area contributed by atoms with E-state index in [1.54, 1.807) is 0 Å². The van der Waals surface area contributed by atoms with Crippen molar-refractivity contribution in [2.75, 3.05) is 12.4 Å². The van der Waals surface area contributed by atoms with Gasteiger partial charge in [-0.25, -0.2) is 4.98 Å². The Morgan fingerprint density at radius 2 is 2.20 bits per heavy atom. The van der Waals surface area contributed by atoms with Crippen molar-refractivity contribution < 1.29 is 19.0 Å². The molecule has 0 atom stereocenters. The third-order valence-corrected chi connectivity index (χ3v) is 3.06. The maximum Gasteiger partial charge on any atom is 0.316 e. The predicted molar refractivity (Wildman–Crippen MR) is 82.9 cm³/mol. The van der Waals surface area contributed by atoms with Gasteiger partial charge in [-0.2, -0.15) is 4.98 Å². The Balaban J connectivity index is 1.81. The summed E-state index contributed by atoms with van der Waals surface area (Å²) in [7, 11) is 1.33. The predicted octanol–water partition coefficient (Wildman–Crippen LogP) is 1.70. The summed E-state index contributed by atoms with van der Waals surface area (Å²) in [4.78, 5) is 34.2. The minimum atomic E-state index is -0.699. The van der Waals surface area contributed by atoms with Gasteiger partial charge in [0, 0.05) is 18.5 Å². The van der Waals surface area contributed by atoms with Gasteiger partial charge >= 0.3 is 11.8 Å². The van der Waals surface area contributed by atoms with Crippen LogP contribution >= 0.6 is 0 Å². The average molecular weight is 342 g/mol. The molecule has 0 aliphatic carbocycles. The van der Waals surface area contributed by atoms with Gasteiger partial charge in [-0.15, -0.1) is 0 Å². The molecule has 0 spiro atoms. The van der Waals surface area contributed by atoms with E-state index in [2.05, 4.69) is 25.4 Å². The number of nitrogens with zero attached hydrogens (tertiary/aromatic N) is 5. The molecule has 1 amide bonds. The van der Waals surface area contributed by atoms with Gasteiger partial charge in [0.2, 0.25) is 5.82 Å². The lowest BCUT2D eigenvalue weighted by Crippen LogP contribution is -2.13. The van der Waals surface area contributed by atoms with Gasteiger partial charge < -0.3 is 14.6 Å². The quantitative estimate of drug-likeness (QED) is 0.540. The van der Waals surface area contributed by atoms with Crippen LogP contribution in [0, 0.1) is 10.1 Å². The summed E-state index contributed by atoms with van der Waals surface area (Å²) in [5.74, 6) is -0.777. The first kappa shape index (κ1) is 16.0. The van der Waals surface area contributed by atoms with E-state index in [1.807, 2.05) is 0 Å². The Bertz CT molecular complexity index is 926. The fraction of sp³-hybridized carbons (Fsp3) is 0.0714. The van der Waals surface area contributed by atoms with Crippen molar-refractivity contribution in [1.29, 1.82) is 0 Å². The van der Waals surface area contributed by atoms with Crippen molar-refractivity contribution in [2.45, 2.75) is 0 Å².